The molecule has 4 aliphatic carbocycles. The van der Waals surface area contributed by atoms with Crippen molar-refractivity contribution >= 4 is 27.6 Å². The van der Waals surface area contributed by atoms with E-state index < -0.39 is 0 Å². The minimum atomic E-state index is 0.905. The summed E-state index contributed by atoms with van der Waals surface area (Å²) in [7, 11) is 0. The van der Waals surface area contributed by atoms with E-state index in [1.165, 1.54) is 46.4 Å². The molecule has 23 heavy (non-hydrogen) atoms. The monoisotopic (exact) mass is 296 g/mol. The van der Waals surface area contributed by atoms with E-state index in [0.717, 1.165) is 23.7 Å². The van der Waals surface area contributed by atoms with Crippen molar-refractivity contribution in [1.29, 1.82) is 0 Å². The molecule has 0 heteroatoms. The second-order valence-corrected chi connectivity index (χ2v) is 7.82. The van der Waals surface area contributed by atoms with E-state index in [2.05, 4.69) is 60.7 Å². The number of benzene rings is 3. The molecule has 4 unspecified atom stereocenters. The van der Waals surface area contributed by atoms with Gasteiger partial charge in [0.1, 0.15) is 0 Å². The summed E-state index contributed by atoms with van der Waals surface area (Å²) >= 11 is 0. The molecule has 0 radical (unpaired) electrons. The molecule has 0 aromatic heterocycles. The van der Waals surface area contributed by atoms with Gasteiger partial charge in [0.25, 0.3) is 0 Å². The van der Waals surface area contributed by atoms with Crippen molar-refractivity contribution in [1.82, 2.24) is 0 Å². The molecule has 0 amide bonds. The van der Waals surface area contributed by atoms with Gasteiger partial charge < -0.3 is 0 Å². The molecule has 0 nitrogen and oxygen atoms in total. The molecule has 0 aliphatic heterocycles. The van der Waals surface area contributed by atoms with Crippen molar-refractivity contribution in [2.24, 2.45) is 23.7 Å². The summed E-state index contributed by atoms with van der Waals surface area (Å²) in [5, 5.41) is 5.57. The summed E-state index contributed by atoms with van der Waals surface area (Å²) in [5.74, 6) is 3.83. The van der Waals surface area contributed by atoms with Crippen LogP contribution in [0.25, 0.3) is 27.6 Å². The predicted octanol–water partition coefficient (Wildman–Crippen LogP) is 6.05. The normalized spacial score (nSPS) is 30.9. The van der Waals surface area contributed by atoms with Gasteiger partial charge in [0.2, 0.25) is 0 Å². The maximum absolute atomic E-state index is 2.60. The van der Waals surface area contributed by atoms with E-state index in [1.54, 1.807) is 5.57 Å². The van der Waals surface area contributed by atoms with Gasteiger partial charge in [-0.2, -0.15) is 0 Å². The van der Waals surface area contributed by atoms with E-state index in [9.17, 15) is 0 Å². The zero-order chi connectivity index (χ0) is 15.0. The molecule has 3 aromatic carbocycles. The van der Waals surface area contributed by atoms with Crippen LogP contribution in [-0.2, 0) is 0 Å². The Bertz CT molecular complexity index is 906. The highest BCUT2D eigenvalue weighted by Crippen LogP contribution is 2.66. The quantitative estimate of drug-likeness (QED) is 0.479. The highest BCUT2D eigenvalue weighted by Gasteiger charge is 2.56. The molecule has 0 N–H and O–H groups in total. The first-order chi connectivity index (χ1) is 11.4. The molecular formula is C23H20. The molecule has 3 aromatic rings. The molecule has 7 rings (SSSR count). The van der Waals surface area contributed by atoms with Gasteiger partial charge in [0.15, 0.2) is 0 Å². The van der Waals surface area contributed by atoms with E-state index in [4.69, 9.17) is 0 Å². The lowest BCUT2D eigenvalue weighted by molar-refractivity contribution is 0.457. The summed E-state index contributed by atoms with van der Waals surface area (Å²) in [6.07, 6.45) is 7.07. The zero-order valence-electron chi connectivity index (χ0n) is 13.2. The van der Waals surface area contributed by atoms with Crippen molar-refractivity contribution < 1.29 is 0 Å². The van der Waals surface area contributed by atoms with Crippen LogP contribution in [0.3, 0.4) is 0 Å². The van der Waals surface area contributed by atoms with Gasteiger partial charge >= 0.3 is 0 Å². The van der Waals surface area contributed by atoms with Crippen molar-refractivity contribution in [2.75, 3.05) is 0 Å². The highest BCUT2D eigenvalue weighted by atomic mass is 14.6. The summed E-state index contributed by atoms with van der Waals surface area (Å²) < 4.78 is 0. The lowest BCUT2D eigenvalue weighted by Crippen LogP contribution is -2.02. The van der Waals surface area contributed by atoms with Gasteiger partial charge in [0.05, 0.1) is 0 Å². The second-order valence-electron chi connectivity index (χ2n) is 7.82. The van der Waals surface area contributed by atoms with Crippen molar-refractivity contribution in [3.05, 3.63) is 65.7 Å². The topological polar surface area (TPSA) is 0 Å². The highest BCUT2D eigenvalue weighted by molar-refractivity contribution is 6.06. The average Bonchev–Trinajstić information content (AvgIpc) is 3.32. The summed E-state index contributed by atoms with van der Waals surface area (Å²) in [5.41, 5.74) is 3.25. The second kappa shape index (κ2) is 4.26. The first-order valence-corrected chi connectivity index (χ1v) is 9.00. The fourth-order valence-corrected chi connectivity index (χ4v) is 5.95. The van der Waals surface area contributed by atoms with Crippen LogP contribution in [0.5, 0.6) is 0 Å². The maximum atomic E-state index is 2.60. The Hall–Kier alpha value is -2.08. The predicted molar refractivity (Wildman–Crippen MR) is 97.2 cm³/mol. The van der Waals surface area contributed by atoms with Crippen LogP contribution in [0, 0.1) is 23.7 Å². The molecule has 4 saturated carbocycles. The smallest absolute Gasteiger partial charge is 0.00996 e. The largest absolute Gasteiger partial charge is 0.0628 e. The molecule has 4 bridgehead atoms. The van der Waals surface area contributed by atoms with E-state index >= 15 is 0 Å². The molecule has 0 spiro atoms. The van der Waals surface area contributed by atoms with Crippen molar-refractivity contribution in [3.8, 4) is 0 Å². The lowest BCUT2D eigenvalue weighted by atomic mass is 9.90. The molecule has 0 saturated heterocycles. The molecule has 0 heterocycles. The van der Waals surface area contributed by atoms with Gasteiger partial charge in [0, 0.05) is 0 Å². The van der Waals surface area contributed by atoms with Crippen molar-refractivity contribution in [3.63, 3.8) is 0 Å². The number of rotatable bonds is 1. The Morgan fingerprint density at radius 2 is 1.26 bits per heavy atom. The van der Waals surface area contributed by atoms with Gasteiger partial charge in [-0.3, -0.25) is 0 Å². The molecular weight excluding hydrogens is 276 g/mol. The van der Waals surface area contributed by atoms with E-state index in [-0.39, 0.29) is 0 Å². The molecule has 4 atom stereocenters. The molecule has 4 fully saturated rings. The van der Waals surface area contributed by atoms with Crippen LogP contribution in [-0.4, -0.2) is 0 Å². The van der Waals surface area contributed by atoms with Crippen LogP contribution in [0.2, 0.25) is 0 Å². The Kier molecular flexibility index (Phi) is 2.29. The number of fused-ring (bicyclic) bond motifs is 2. The zero-order valence-corrected chi connectivity index (χ0v) is 13.2. The fraction of sp³-hybridized carbons (Fsp3) is 0.304. The molecule has 4 aliphatic rings. The number of allylic oxidation sites excluding steroid dienone is 1. The van der Waals surface area contributed by atoms with Crippen molar-refractivity contribution in [2.45, 2.75) is 19.3 Å². The Balaban J connectivity index is 1.67. The Morgan fingerprint density at radius 3 is 1.83 bits per heavy atom. The Morgan fingerprint density at radius 1 is 0.696 bits per heavy atom. The first-order valence-electron chi connectivity index (χ1n) is 9.00. The minimum Gasteiger partial charge on any atom is -0.0628 e. The molecule has 112 valence electrons. The summed E-state index contributed by atoms with van der Waals surface area (Å²) in [4.78, 5) is 0. The SMILES string of the molecule is C(=C1C2CC3CC2CC13)c1c2ccccc2cc2ccccc12. The van der Waals surface area contributed by atoms with E-state index in [0.29, 0.717) is 0 Å². The Labute approximate surface area is 136 Å². The van der Waals surface area contributed by atoms with Crippen LogP contribution in [0.1, 0.15) is 24.8 Å². The third kappa shape index (κ3) is 1.57. The number of hydrogen-bond acceptors (Lipinski definition) is 0. The lowest BCUT2D eigenvalue weighted by Gasteiger charge is -2.15. The van der Waals surface area contributed by atoms with Crippen LogP contribution in [0.15, 0.2) is 60.2 Å². The van der Waals surface area contributed by atoms with Gasteiger partial charge in [-0.25, -0.2) is 0 Å². The average molecular weight is 296 g/mol. The summed E-state index contributed by atoms with van der Waals surface area (Å²) in [6.45, 7) is 0. The fourth-order valence-electron chi connectivity index (χ4n) is 5.95. The first kappa shape index (κ1) is 12.4. The number of hydrogen-bond donors (Lipinski definition) is 0. The summed E-state index contributed by atoms with van der Waals surface area (Å²) in [6, 6.07) is 20.1. The minimum absolute atomic E-state index is 0.905. The third-order valence-electron chi connectivity index (χ3n) is 6.84. The maximum Gasteiger partial charge on any atom is -0.00996 e. The third-order valence-corrected chi connectivity index (χ3v) is 6.84. The van der Waals surface area contributed by atoms with Crippen LogP contribution >= 0.6 is 0 Å². The van der Waals surface area contributed by atoms with E-state index in [1.807, 2.05) is 0 Å². The van der Waals surface area contributed by atoms with Gasteiger partial charge in [-0.15, -0.1) is 0 Å². The van der Waals surface area contributed by atoms with Gasteiger partial charge in [-0.05, 0) is 76.1 Å². The van der Waals surface area contributed by atoms with Gasteiger partial charge in [-0.1, -0.05) is 60.2 Å². The standard InChI is InChI=1S/C23H20/c1-3-7-18-14(5-1)9-15-6-2-4-8-19(15)22(18)13-23-20-11-16-10-17(20)12-21(16)23/h1-9,13,16-17,20-21H,10-12H2. The van der Waals surface area contributed by atoms with Crippen LogP contribution in [0.4, 0.5) is 0 Å². The van der Waals surface area contributed by atoms with Crippen LogP contribution < -0.4 is 0 Å².